The highest BCUT2D eigenvalue weighted by Gasteiger charge is 2.38. The first kappa shape index (κ1) is 9.79. The second kappa shape index (κ2) is 3.21. The van der Waals surface area contributed by atoms with Gasteiger partial charge in [-0.05, 0) is 31.1 Å². The van der Waals surface area contributed by atoms with Crippen LogP contribution >= 0.6 is 0 Å². The molecule has 1 nitrogen and oxygen atoms in total. The Morgan fingerprint density at radius 1 is 1.67 bits per heavy atom. The average Bonchev–Trinajstić information content (AvgIpc) is 2.27. The summed E-state index contributed by atoms with van der Waals surface area (Å²) in [5, 5.41) is 9.78. The molecular weight excluding hydrogens is 148 g/mol. The molecular formula is C11H20O. The quantitative estimate of drug-likeness (QED) is 0.629. The summed E-state index contributed by atoms with van der Waals surface area (Å²) in [5.74, 6) is 0.433. The van der Waals surface area contributed by atoms with Crippen LogP contribution in [0.15, 0.2) is 11.6 Å². The second-order valence-corrected chi connectivity index (χ2v) is 4.43. The van der Waals surface area contributed by atoms with Gasteiger partial charge in [0.15, 0.2) is 0 Å². The highest BCUT2D eigenvalue weighted by molar-refractivity contribution is 5.19. The number of hydrogen-bond donors (Lipinski definition) is 1. The van der Waals surface area contributed by atoms with Crippen molar-refractivity contribution in [2.24, 2.45) is 11.3 Å². The molecule has 2 atom stereocenters. The van der Waals surface area contributed by atoms with E-state index in [2.05, 4.69) is 33.8 Å². The molecule has 1 rings (SSSR count). The molecule has 0 aromatic rings. The van der Waals surface area contributed by atoms with Crippen molar-refractivity contribution in [3.63, 3.8) is 0 Å². The van der Waals surface area contributed by atoms with Crippen LogP contribution in [0, 0.1) is 11.3 Å². The lowest BCUT2D eigenvalue weighted by Crippen LogP contribution is -2.30. The Morgan fingerprint density at radius 3 is 2.58 bits per heavy atom. The molecule has 1 heteroatoms. The van der Waals surface area contributed by atoms with Gasteiger partial charge in [0.2, 0.25) is 0 Å². The largest absolute Gasteiger partial charge is 0.393 e. The first-order valence-corrected chi connectivity index (χ1v) is 4.85. The van der Waals surface area contributed by atoms with Crippen molar-refractivity contribution in [2.75, 3.05) is 0 Å². The molecule has 0 fully saturated rings. The second-order valence-electron chi connectivity index (χ2n) is 4.43. The molecule has 12 heavy (non-hydrogen) atoms. The van der Waals surface area contributed by atoms with Gasteiger partial charge in [-0.2, -0.15) is 0 Å². The molecule has 0 saturated carbocycles. The van der Waals surface area contributed by atoms with Gasteiger partial charge in [0.05, 0.1) is 6.10 Å². The number of allylic oxidation sites excluding steroid dienone is 2. The van der Waals surface area contributed by atoms with Gasteiger partial charge in [0.1, 0.15) is 0 Å². The van der Waals surface area contributed by atoms with E-state index >= 15 is 0 Å². The predicted molar refractivity (Wildman–Crippen MR) is 51.9 cm³/mol. The molecule has 0 spiro atoms. The van der Waals surface area contributed by atoms with Crippen molar-refractivity contribution in [1.29, 1.82) is 0 Å². The van der Waals surface area contributed by atoms with Crippen molar-refractivity contribution in [1.82, 2.24) is 0 Å². The maximum atomic E-state index is 9.78. The van der Waals surface area contributed by atoms with E-state index in [0.717, 1.165) is 12.8 Å². The van der Waals surface area contributed by atoms with E-state index in [9.17, 15) is 5.11 Å². The van der Waals surface area contributed by atoms with E-state index in [1.165, 1.54) is 5.57 Å². The van der Waals surface area contributed by atoms with Gasteiger partial charge in [-0.25, -0.2) is 0 Å². The van der Waals surface area contributed by atoms with Crippen molar-refractivity contribution in [3.8, 4) is 0 Å². The topological polar surface area (TPSA) is 20.2 Å². The average molecular weight is 168 g/mol. The maximum absolute atomic E-state index is 9.78. The zero-order chi connectivity index (χ0) is 9.35. The molecule has 0 aromatic heterocycles. The van der Waals surface area contributed by atoms with Crippen LogP contribution in [-0.4, -0.2) is 11.2 Å². The normalized spacial score (nSPS) is 30.1. The molecule has 70 valence electrons. The molecule has 1 aliphatic carbocycles. The van der Waals surface area contributed by atoms with Gasteiger partial charge in [0, 0.05) is 0 Å². The van der Waals surface area contributed by atoms with Crippen LogP contribution in [0.25, 0.3) is 0 Å². The summed E-state index contributed by atoms with van der Waals surface area (Å²) in [7, 11) is 0. The summed E-state index contributed by atoms with van der Waals surface area (Å²) in [6, 6.07) is 0. The maximum Gasteiger partial charge on any atom is 0.0576 e. The first-order valence-electron chi connectivity index (χ1n) is 4.85. The number of aliphatic hydroxyl groups is 1. The van der Waals surface area contributed by atoms with E-state index in [1.54, 1.807) is 0 Å². The van der Waals surface area contributed by atoms with Crippen molar-refractivity contribution < 1.29 is 5.11 Å². The molecule has 0 radical (unpaired) electrons. The van der Waals surface area contributed by atoms with E-state index in [-0.39, 0.29) is 11.5 Å². The fourth-order valence-corrected chi connectivity index (χ4v) is 2.08. The molecule has 0 aliphatic heterocycles. The lowest BCUT2D eigenvalue weighted by atomic mass is 9.74. The van der Waals surface area contributed by atoms with Gasteiger partial charge in [0.25, 0.3) is 0 Å². The van der Waals surface area contributed by atoms with Gasteiger partial charge in [-0.15, -0.1) is 0 Å². The Hall–Kier alpha value is -0.300. The van der Waals surface area contributed by atoms with E-state index in [0.29, 0.717) is 5.92 Å². The smallest absolute Gasteiger partial charge is 0.0576 e. The van der Waals surface area contributed by atoms with Gasteiger partial charge < -0.3 is 5.11 Å². The van der Waals surface area contributed by atoms with Crippen LogP contribution in [0.4, 0.5) is 0 Å². The Bertz CT molecular complexity index is 191. The van der Waals surface area contributed by atoms with Gasteiger partial charge >= 0.3 is 0 Å². The van der Waals surface area contributed by atoms with Gasteiger partial charge in [-0.1, -0.05) is 32.4 Å². The van der Waals surface area contributed by atoms with Crippen LogP contribution < -0.4 is 0 Å². The Morgan fingerprint density at radius 2 is 2.25 bits per heavy atom. The molecule has 0 heterocycles. The van der Waals surface area contributed by atoms with Crippen LogP contribution in [0.3, 0.4) is 0 Å². The summed E-state index contributed by atoms with van der Waals surface area (Å²) in [4.78, 5) is 0. The van der Waals surface area contributed by atoms with E-state index in [4.69, 9.17) is 0 Å². The third-order valence-corrected chi connectivity index (χ3v) is 3.50. The number of aliphatic hydroxyl groups excluding tert-OH is 1. The molecule has 1 aliphatic rings. The number of rotatable bonds is 2. The van der Waals surface area contributed by atoms with Gasteiger partial charge in [-0.3, -0.25) is 0 Å². The zero-order valence-electron chi connectivity index (χ0n) is 8.59. The minimum absolute atomic E-state index is 0.131. The Labute approximate surface area is 75.5 Å². The highest BCUT2D eigenvalue weighted by atomic mass is 16.3. The zero-order valence-corrected chi connectivity index (χ0v) is 8.59. The molecule has 2 unspecified atom stereocenters. The fraction of sp³-hybridized carbons (Fsp3) is 0.818. The third-order valence-electron chi connectivity index (χ3n) is 3.50. The molecule has 0 bridgehead atoms. The van der Waals surface area contributed by atoms with E-state index in [1.807, 2.05) is 0 Å². The predicted octanol–water partition coefficient (Wildman–Crippen LogP) is 2.75. The van der Waals surface area contributed by atoms with Crippen molar-refractivity contribution >= 4 is 0 Å². The lowest BCUT2D eigenvalue weighted by Gasteiger charge is -2.32. The van der Waals surface area contributed by atoms with E-state index < -0.39 is 0 Å². The van der Waals surface area contributed by atoms with Crippen molar-refractivity contribution in [3.05, 3.63) is 11.6 Å². The molecule has 0 saturated heterocycles. The fourth-order valence-electron chi connectivity index (χ4n) is 2.08. The van der Waals surface area contributed by atoms with Crippen LogP contribution in [0.1, 0.15) is 40.5 Å². The molecule has 0 amide bonds. The minimum atomic E-state index is -0.131. The van der Waals surface area contributed by atoms with Crippen molar-refractivity contribution in [2.45, 2.75) is 46.6 Å². The van der Waals surface area contributed by atoms with Crippen LogP contribution in [-0.2, 0) is 0 Å². The third kappa shape index (κ3) is 1.42. The SMILES string of the molecule is CCC(O)C1CC=C(C)C1(C)C. The Balaban J connectivity index is 2.73. The summed E-state index contributed by atoms with van der Waals surface area (Å²) in [5.41, 5.74) is 1.63. The monoisotopic (exact) mass is 168 g/mol. The summed E-state index contributed by atoms with van der Waals surface area (Å²) >= 11 is 0. The first-order chi connectivity index (χ1) is 5.50. The number of hydrogen-bond acceptors (Lipinski definition) is 1. The summed E-state index contributed by atoms with van der Waals surface area (Å²) < 4.78 is 0. The summed E-state index contributed by atoms with van der Waals surface area (Å²) in [6.07, 6.45) is 4.06. The summed E-state index contributed by atoms with van der Waals surface area (Å²) in [6.45, 7) is 8.68. The van der Waals surface area contributed by atoms with Crippen LogP contribution in [0.2, 0.25) is 0 Å². The van der Waals surface area contributed by atoms with Crippen LogP contribution in [0.5, 0.6) is 0 Å². The minimum Gasteiger partial charge on any atom is -0.393 e. The standard InChI is InChI=1S/C11H20O/c1-5-10(12)9-7-6-8(2)11(9,3)4/h6,9-10,12H,5,7H2,1-4H3. The lowest BCUT2D eigenvalue weighted by molar-refractivity contribution is 0.0581. The Kier molecular flexibility index (Phi) is 2.62. The highest BCUT2D eigenvalue weighted by Crippen LogP contribution is 2.45. The molecule has 0 aromatic carbocycles. The molecule has 1 N–H and O–H groups in total.